The van der Waals surface area contributed by atoms with E-state index in [4.69, 9.17) is 5.73 Å². The van der Waals surface area contributed by atoms with Crippen LogP contribution >= 0.6 is 0 Å². The molecule has 2 unspecified atom stereocenters. The molecular weight excluding hydrogens is 350 g/mol. The molecule has 2 atom stereocenters. The number of hydrogen-bond acceptors (Lipinski definition) is 4. The Morgan fingerprint density at radius 3 is 2.58 bits per heavy atom. The summed E-state index contributed by atoms with van der Waals surface area (Å²) >= 11 is 0. The van der Waals surface area contributed by atoms with Gasteiger partial charge in [-0.05, 0) is 74.8 Å². The van der Waals surface area contributed by atoms with Crippen molar-refractivity contribution in [2.75, 3.05) is 18.5 Å². The van der Waals surface area contributed by atoms with Crippen molar-refractivity contribution in [2.45, 2.75) is 49.5 Å². The van der Waals surface area contributed by atoms with Crippen molar-refractivity contribution in [3.05, 3.63) is 23.8 Å². The van der Waals surface area contributed by atoms with E-state index in [0.29, 0.717) is 24.8 Å². The molecule has 2 saturated carbocycles. The fourth-order valence-corrected chi connectivity index (χ4v) is 5.88. The van der Waals surface area contributed by atoms with E-state index in [1.165, 1.54) is 13.5 Å². The summed E-state index contributed by atoms with van der Waals surface area (Å²) in [6, 6.07) is 5.31. The van der Waals surface area contributed by atoms with Crippen molar-refractivity contribution in [2.24, 2.45) is 23.5 Å². The third-order valence-corrected chi connectivity index (χ3v) is 7.97. The molecule has 7 heteroatoms. The fraction of sp³-hybridized carbons (Fsp3) is 0.632. The first kappa shape index (κ1) is 17.9. The Labute approximate surface area is 155 Å². The number of hydrogen-bond donors (Lipinski definition) is 2. The fourth-order valence-electron chi connectivity index (χ4n) is 5.10. The van der Waals surface area contributed by atoms with Gasteiger partial charge in [0, 0.05) is 24.2 Å². The van der Waals surface area contributed by atoms with E-state index < -0.39 is 10.0 Å². The zero-order valence-electron chi connectivity index (χ0n) is 15.1. The predicted octanol–water partition coefficient (Wildman–Crippen LogP) is 1.64. The lowest BCUT2D eigenvalue weighted by Gasteiger charge is -2.44. The van der Waals surface area contributed by atoms with E-state index in [-0.39, 0.29) is 22.8 Å². The highest BCUT2D eigenvalue weighted by Gasteiger charge is 2.42. The number of anilines is 1. The van der Waals surface area contributed by atoms with Gasteiger partial charge in [-0.2, -0.15) is 0 Å². The molecule has 0 spiro atoms. The first-order valence-corrected chi connectivity index (χ1v) is 11.0. The lowest BCUT2D eigenvalue weighted by molar-refractivity contribution is -0.125. The van der Waals surface area contributed by atoms with Crippen LogP contribution in [0.5, 0.6) is 0 Å². The lowest BCUT2D eigenvalue weighted by atomic mass is 9.65. The van der Waals surface area contributed by atoms with Crippen LogP contribution in [0.25, 0.3) is 0 Å². The third kappa shape index (κ3) is 2.96. The molecular formula is C19H27N3O3S. The van der Waals surface area contributed by atoms with Crippen LogP contribution in [-0.2, 0) is 21.2 Å². The molecule has 2 bridgehead atoms. The molecule has 1 aromatic carbocycles. The van der Waals surface area contributed by atoms with Crippen LogP contribution in [0.3, 0.4) is 0 Å². The molecule has 0 saturated heterocycles. The second kappa shape index (κ2) is 6.62. The molecule has 3 N–H and O–H groups in total. The van der Waals surface area contributed by atoms with Gasteiger partial charge in [0.05, 0.1) is 4.90 Å². The summed E-state index contributed by atoms with van der Waals surface area (Å²) in [5.74, 6) is 1.19. The highest BCUT2D eigenvalue weighted by Crippen LogP contribution is 2.43. The summed E-state index contributed by atoms with van der Waals surface area (Å²) in [5.41, 5.74) is 8.16. The number of nitrogens with zero attached hydrogens (tertiary/aromatic N) is 1. The van der Waals surface area contributed by atoms with Crippen LogP contribution in [0.15, 0.2) is 23.1 Å². The van der Waals surface area contributed by atoms with Gasteiger partial charge in [0.15, 0.2) is 0 Å². The number of fused-ring (bicyclic) bond motifs is 3. The van der Waals surface area contributed by atoms with Gasteiger partial charge in [-0.15, -0.1) is 0 Å². The summed E-state index contributed by atoms with van der Waals surface area (Å²) in [4.78, 5) is 15.3. The van der Waals surface area contributed by atoms with Crippen LogP contribution in [0.1, 0.15) is 37.7 Å². The van der Waals surface area contributed by atoms with Gasteiger partial charge >= 0.3 is 0 Å². The van der Waals surface area contributed by atoms with Gasteiger partial charge in [-0.25, -0.2) is 13.1 Å². The first-order valence-electron chi connectivity index (χ1n) is 9.54. The highest BCUT2D eigenvalue weighted by molar-refractivity contribution is 7.89. The van der Waals surface area contributed by atoms with E-state index >= 15 is 0 Å². The van der Waals surface area contributed by atoms with E-state index in [1.54, 1.807) is 18.2 Å². The number of rotatable bonds is 3. The molecule has 2 aliphatic carbocycles. The van der Waals surface area contributed by atoms with Crippen LogP contribution in [0.2, 0.25) is 0 Å². The molecule has 3 aliphatic rings. The molecule has 1 heterocycles. The second-order valence-corrected chi connectivity index (χ2v) is 9.82. The molecule has 4 rings (SSSR count). The Hall–Kier alpha value is -1.44. The predicted molar refractivity (Wildman–Crippen MR) is 100 cm³/mol. The normalized spacial score (nSPS) is 30.9. The monoisotopic (exact) mass is 377 g/mol. The van der Waals surface area contributed by atoms with Crippen molar-refractivity contribution in [1.82, 2.24) is 4.72 Å². The van der Waals surface area contributed by atoms with Gasteiger partial charge in [-0.1, -0.05) is 6.42 Å². The van der Waals surface area contributed by atoms with Crippen molar-refractivity contribution in [1.29, 1.82) is 0 Å². The maximum absolute atomic E-state index is 13.2. The second-order valence-electron chi connectivity index (χ2n) is 7.93. The molecule has 26 heavy (non-hydrogen) atoms. The molecule has 0 radical (unpaired) electrons. The molecule has 142 valence electrons. The minimum absolute atomic E-state index is 0.0526. The molecule has 6 nitrogen and oxygen atoms in total. The molecule has 1 aromatic rings. The van der Waals surface area contributed by atoms with E-state index in [1.807, 2.05) is 4.90 Å². The number of benzene rings is 1. The zero-order chi connectivity index (χ0) is 18.5. The number of nitrogens with two attached hydrogens (primary N) is 1. The maximum atomic E-state index is 13.2. The van der Waals surface area contributed by atoms with Gasteiger partial charge in [0.25, 0.3) is 0 Å². The molecule has 1 amide bonds. The maximum Gasteiger partial charge on any atom is 0.240 e. The van der Waals surface area contributed by atoms with Crippen molar-refractivity contribution in [3.8, 4) is 0 Å². The lowest BCUT2D eigenvalue weighted by Crippen LogP contribution is -2.49. The average Bonchev–Trinajstić information content (AvgIpc) is 3.04. The number of carbonyl (C=O) groups excluding carboxylic acids is 1. The van der Waals surface area contributed by atoms with Crippen molar-refractivity contribution in [3.63, 3.8) is 0 Å². The quantitative estimate of drug-likeness (QED) is 0.837. The smallest absolute Gasteiger partial charge is 0.240 e. The molecule has 1 aliphatic heterocycles. The van der Waals surface area contributed by atoms with Gasteiger partial charge in [-0.3, -0.25) is 4.79 Å². The van der Waals surface area contributed by atoms with Crippen LogP contribution in [-0.4, -0.2) is 34.0 Å². The van der Waals surface area contributed by atoms with E-state index in [2.05, 4.69) is 4.72 Å². The minimum atomic E-state index is -3.46. The average molecular weight is 378 g/mol. The standard InChI is InChI=1S/C19H27N3O3S/c1-21-26(24,25)16-5-6-17-12(11-16)7-8-22(17)19(23)15-9-13-3-2-4-14(10-15)18(13)20/h5-6,11,13-15,18,21H,2-4,7-10,20H2,1H3. The minimum Gasteiger partial charge on any atom is -0.327 e. The van der Waals surface area contributed by atoms with E-state index in [9.17, 15) is 13.2 Å². The number of carbonyl (C=O) groups is 1. The van der Waals surface area contributed by atoms with Gasteiger partial charge in [0.1, 0.15) is 0 Å². The number of amides is 1. The highest BCUT2D eigenvalue weighted by atomic mass is 32.2. The molecule has 0 aromatic heterocycles. The number of nitrogens with one attached hydrogen (secondary N) is 1. The van der Waals surface area contributed by atoms with E-state index in [0.717, 1.165) is 36.9 Å². The zero-order valence-corrected chi connectivity index (χ0v) is 16.0. The van der Waals surface area contributed by atoms with Crippen molar-refractivity contribution >= 4 is 21.6 Å². The molecule has 2 fully saturated rings. The Kier molecular flexibility index (Phi) is 4.57. The topological polar surface area (TPSA) is 92.5 Å². The first-order chi connectivity index (χ1) is 12.4. The van der Waals surface area contributed by atoms with Crippen LogP contribution in [0.4, 0.5) is 5.69 Å². The summed E-state index contributed by atoms with van der Waals surface area (Å²) in [7, 11) is -2.06. The largest absolute Gasteiger partial charge is 0.327 e. The Balaban J connectivity index is 1.55. The van der Waals surface area contributed by atoms with Gasteiger partial charge in [0.2, 0.25) is 15.9 Å². The summed E-state index contributed by atoms with van der Waals surface area (Å²) in [5, 5.41) is 0. The summed E-state index contributed by atoms with van der Waals surface area (Å²) in [6.07, 6.45) is 6.02. The number of sulfonamides is 1. The van der Waals surface area contributed by atoms with Crippen molar-refractivity contribution < 1.29 is 13.2 Å². The van der Waals surface area contributed by atoms with Gasteiger partial charge < -0.3 is 10.6 Å². The Bertz CT molecular complexity index is 809. The third-order valence-electron chi connectivity index (χ3n) is 6.55. The summed E-state index contributed by atoms with van der Waals surface area (Å²) in [6.45, 7) is 0.634. The Morgan fingerprint density at radius 1 is 1.23 bits per heavy atom. The van der Waals surface area contributed by atoms with Crippen LogP contribution < -0.4 is 15.4 Å². The Morgan fingerprint density at radius 2 is 1.92 bits per heavy atom. The van der Waals surface area contributed by atoms with Crippen LogP contribution in [0, 0.1) is 17.8 Å². The SMILES string of the molecule is CNS(=O)(=O)c1ccc2c(c1)CCN2C(=O)C1CC2CCCC(C1)C2N. The summed E-state index contributed by atoms with van der Waals surface area (Å²) < 4.78 is 26.3.